The predicted molar refractivity (Wildman–Crippen MR) is 81.7 cm³/mol. The van der Waals surface area contributed by atoms with Crippen LogP contribution < -0.4 is 10.6 Å². The number of nitrogens with one attached hydrogen (secondary N) is 2. The van der Waals surface area contributed by atoms with Gasteiger partial charge in [-0.2, -0.15) is 0 Å². The highest BCUT2D eigenvalue weighted by Gasteiger charge is 2.43. The van der Waals surface area contributed by atoms with Crippen molar-refractivity contribution in [1.82, 2.24) is 15.5 Å². The van der Waals surface area contributed by atoms with E-state index in [0.29, 0.717) is 12.1 Å². The molecular formula is C17H23N3O. The van der Waals surface area contributed by atoms with Crippen LogP contribution in [-0.2, 0) is 11.3 Å². The minimum Gasteiger partial charge on any atom is -0.354 e. The number of benzene rings is 1. The van der Waals surface area contributed by atoms with Gasteiger partial charge in [-0.15, -0.1) is 0 Å². The zero-order valence-corrected chi connectivity index (χ0v) is 12.3. The van der Waals surface area contributed by atoms with Gasteiger partial charge >= 0.3 is 0 Å². The number of rotatable bonds is 1. The lowest BCUT2D eigenvalue weighted by molar-refractivity contribution is -0.124. The Balaban J connectivity index is 1.67. The van der Waals surface area contributed by atoms with E-state index in [4.69, 9.17) is 0 Å². The van der Waals surface area contributed by atoms with Crippen LogP contribution in [0.15, 0.2) is 24.3 Å². The fourth-order valence-corrected chi connectivity index (χ4v) is 4.35. The lowest BCUT2D eigenvalue weighted by Crippen LogP contribution is -2.47. The number of likely N-dealkylation sites (tertiary alicyclic amines) is 1. The molecule has 0 saturated carbocycles. The minimum atomic E-state index is 0.210. The molecule has 3 unspecified atom stereocenters. The maximum Gasteiger partial charge on any atom is 0.224 e. The molecule has 0 bridgehead atoms. The average Bonchev–Trinajstić information content (AvgIpc) is 2.78. The normalized spacial score (nSPS) is 33.0. The number of piperidine rings is 1. The van der Waals surface area contributed by atoms with Crippen LogP contribution >= 0.6 is 0 Å². The van der Waals surface area contributed by atoms with E-state index in [9.17, 15) is 4.79 Å². The molecule has 0 spiro atoms. The second-order valence-electron chi connectivity index (χ2n) is 6.48. The molecule has 4 heteroatoms. The van der Waals surface area contributed by atoms with E-state index in [-0.39, 0.29) is 11.8 Å². The summed E-state index contributed by atoms with van der Waals surface area (Å²) in [6.07, 6.45) is 3.33. The fraction of sp³-hybridized carbons (Fsp3) is 0.588. The van der Waals surface area contributed by atoms with Crippen molar-refractivity contribution in [3.05, 3.63) is 35.4 Å². The van der Waals surface area contributed by atoms with Gasteiger partial charge in [-0.1, -0.05) is 24.3 Å². The van der Waals surface area contributed by atoms with Crippen LogP contribution in [0.2, 0.25) is 0 Å². The first-order chi connectivity index (χ1) is 10.3. The zero-order valence-electron chi connectivity index (χ0n) is 12.3. The lowest BCUT2D eigenvalue weighted by atomic mass is 9.87. The van der Waals surface area contributed by atoms with Crippen molar-refractivity contribution in [1.29, 1.82) is 0 Å². The number of carbonyl (C=O) groups is 1. The second kappa shape index (κ2) is 5.43. The molecular weight excluding hydrogens is 262 g/mol. The number of hydrogen-bond acceptors (Lipinski definition) is 3. The first-order valence-electron chi connectivity index (χ1n) is 8.16. The summed E-state index contributed by atoms with van der Waals surface area (Å²) in [5, 5.41) is 6.61. The Hall–Kier alpha value is -1.39. The standard InChI is InChI=1S/C17H23N3O/c21-17-14-6-3-9-20(16(14)11-19-17)15-7-8-18-10-12-4-1-2-5-13(12)15/h1-2,4-5,14-16,18H,3,6-11H2,(H,19,21). The highest BCUT2D eigenvalue weighted by molar-refractivity contribution is 5.82. The van der Waals surface area contributed by atoms with Crippen molar-refractivity contribution in [2.45, 2.75) is 37.9 Å². The van der Waals surface area contributed by atoms with Crippen molar-refractivity contribution in [2.24, 2.45) is 5.92 Å². The van der Waals surface area contributed by atoms with Gasteiger partial charge in [0.15, 0.2) is 0 Å². The third-order valence-electron chi connectivity index (χ3n) is 5.37. The molecule has 0 radical (unpaired) electrons. The highest BCUT2D eigenvalue weighted by Crippen LogP contribution is 2.37. The van der Waals surface area contributed by atoms with Gasteiger partial charge in [0, 0.05) is 25.2 Å². The van der Waals surface area contributed by atoms with E-state index in [2.05, 4.69) is 39.8 Å². The minimum absolute atomic E-state index is 0.210. The summed E-state index contributed by atoms with van der Waals surface area (Å²) < 4.78 is 0. The van der Waals surface area contributed by atoms with Crippen molar-refractivity contribution >= 4 is 5.91 Å². The topological polar surface area (TPSA) is 44.4 Å². The second-order valence-corrected chi connectivity index (χ2v) is 6.48. The van der Waals surface area contributed by atoms with Crippen LogP contribution in [0.5, 0.6) is 0 Å². The van der Waals surface area contributed by atoms with Gasteiger partial charge in [0.1, 0.15) is 0 Å². The van der Waals surface area contributed by atoms with Crippen LogP contribution in [0.1, 0.15) is 36.4 Å². The monoisotopic (exact) mass is 285 g/mol. The summed E-state index contributed by atoms with van der Waals surface area (Å²) in [6.45, 7) is 3.96. The van der Waals surface area contributed by atoms with Gasteiger partial charge in [0.05, 0.1) is 5.92 Å². The molecule has 4 rings (SSSR count). The molecule has 2 saturated heterocycles. The summed E-state index contributed by atoms with van der Waals surface area (Å²) in [5.41, 5.74) is 2.88. The van der Waals surface area contributed by atoms with E-state index < -0.39 is 0 Å². The lowest BCUT2D eigenvalue weighted by Gasteiger charge is -2.41. The molecule has 112 valence electrons. The third-order valence-corrected chi connectivity index (χ3v) is 5.37. The molecule has 1 aromatic rings. The molecule has 0 aliphatic carbocycles. The van der Waals surface area contributed by atoms with Crippen LogP contribution in [0.25, 0.3) is 0 Å². The quantitative estimate of drug-likeness (QED) is 0.820. The highest BCUT2D eigenvalue weighted by atomic mass is 16.2. The SMILES string of the molecule is O=C1NCC2C1CCCN2C1CCNCc2ccccc21. The summed E-state index contributed by atoms with van der Waals surface area (Å²) in [7, 11) is 0. The van der Waals surface area contributed by atoms with Gasteiger partial charge in [0.25, 0.3) is 0 Å². The molecule has 3 aliphatic heterocycles. The molecule has 2 N–H and O–H groups in total. The number of amides is 1. The Kier molecular flexibility index (Phi) is 3.43. The largest absolute Gasteiger partial charge is 0.354 e. The zero-order chi connectivity index (χ0) is 14.2. The number of hydrogen-bond donors (Lipinski definition) is 2. The predicted octanol–water partition coefficient (Wildman–Crippen LogP) is 1.43. The molecule has 4 nitrogen and oxygen atoms in total. The average molecular weight is 285 g/mol. The summed E-state index contributed by atoms with van der Waals surface area (Å²) in [6, 6.07) is 9.64. The maximum atomic E-state index is 12.0. The summed E-state index contributed by atoms with van der Waals surface area (Å²) in [4.78, 5) is 14.6. The molecule has 21 heavy (non-hydrogen) atoms. The van der Waals surface area contributed by atoms with E-state index >= 15 is 0 Å². The van der Waals surface area contributed by atoms with E-state index in [0.717, 1.165) is 45.4 Å². The molecule has 3 atom stereocenters. The maximum absolute atomic E-state index is 12.0. The van der Waals surface area contributed by atoms with Gasteiger partial charge in [-0.05, 0) is 43.5 Å². The summed E-state index contributed by atoms with van der Waals surface area (Å²) >= 11 is 0. The Bertz CT molecular complexity index is 545. The number of nitrogens with zero attached hydrogens (tertiary/aromatic N) is 1. The van der Waals surface area contributed by atoms with E-state index in [1.807, 2.05) is 0 Å². The molecule has 3 heterocycles. The van der Waals surface area contributed by atoms with E-state index in [1.165, 1.54) is 11.1 Å². The summed E-state index contributed by atoms with van der Waals surface area (Å²) in [5.74, 6) is 0.479. The molecule has 3 aliphatic rings. The molecule has 0 aromatic heterocycles. The Labute approximate surface area is 125 Å². The van der Waals surface area contributed by atoms with Crippen LogP contribution in [-0.4, -0.2) is 36.5 Å². The number of carbonyl (C=O) groups excluding carboxylic acids is 1. The van der Waals surface area contributed by atoms with E-state index in [1.54, 1.807) is 0 Å². The Morgan fingerprint density at radius 2 is 2.10 bits per heavy atom. The van der Waals surface area contributed by atoms with Crippen molar-refractivity contribution in [3.8, 4) is 0 Å². The Morgan fingerprint density at radius 1 is 1.19 bits per heavy atom. The third kappa shape index (κ3) is 2.27. The van der Waals surface area contributed by atoms with Gasteiger partial charge in [-0.3, -0.25) is 9.69 Å². The van der Waals surface area contributed by atoms with Crippen LogP contribution in [0.4, 0.5) is 0 Å². The smallest absolute Gasteiger partial charge is 0.224 e. The van der Waals surface area contributed by atoms with Gasteiger partial charge in [-0.25, -0.2) is 0 Å². The van der Waals surface area contributed by atoms with Crippen LogP contribution in [0, 0.1) is 5.92 Å². The number of fused-ring (bicyclic) bond motifs is 2. The molecule has 1 aromatic carbocycles. The Morgan fingerprint density at radius 3 is 3.05 bits per heavy atom. The van der Waals surface area contributed by atoms with Crippen molar-refractivity contribution in [3.63, 3.8) is 0 Å². The van der Waals surface area contributed by atoms with Gasteiger partial charge < -0.3 is 10.6 Å². The molecule has 1 amide bonds. The van der Waals surface area contributed by atoms with Crippen molar-refractivity contribution < 1.29 is 4.79 Å². The van der Waals surface area contributed by atoms with Crippen molar-refractivity contribution in [2.75, 3.05) is 19.6 Å². The first kappa shape index (κ1) is 13.3. The molecule has 2 fully saturated rings. The van der Waals surface area contributed by atoms with Gasteiger partial charge in [0.2, 0.25) is 5.91 Å². The van der Waals surface area contributed by atoms with Crippen LogP contribution in [0.3, 0.4) is 0 Å². The first-order valence-corrected chi connectivity index (χ1v) is 8.16. The fourth-order valence-electron chi connectivity index (χ4n) is 4.35.